The second kappa shape index (κ2) is 12.0. The van der Waals surface area contributed by atoms with Gasteiger partial charge in [-0.25, -0.2) is 14.6 Å². The molecule has 0 fully saturated rings. The average Bonchev–Trinajstić information content (AvgIpc) is 2.95. The topological polar surface area (TPSA) is 117 Å². The lowest BCUT2D eigenvalue weighted by Gasteiger charge is -2.18. The van der Waals surface area contributed by atoms with E-state index in [0.29, 0.717) is 21.7 Å². The Morgan fingerprint density at radius 1 is 0.949 bits per heavy atom. The van der Waals surface area contributed by atoms with Crippen LogP contribution in [0.4, 0.5) is 5.69 Å². The zero-order chi connectivity index (χ0) is 28.1. The van der Waals surface area contributed by atoms with Crippen LogP contribution in [0.1, 0.15) is 46.0 Å². The first-order valence-electron chi connectivity index (χ1n) is 12.1. The van der Waals surface area contributed by atoms with Gasteiger partial charge in [0.05, 0.1) is 53.4 Å². The highest BCUT2D eigenvalue weighted by atomic mass is 32.2. The van der Waals surface area contributed by atoms with E-state index >= 15 is 0 Å². The lowest BCUT2D eigenvalue weighted by Crippen LogP contribution is -2.24. The van der Waals surface area contributed by atoms with E-state index in [9.17, 15) is 19.2 Å². The van der Waals surface area contributed by atoms with E-state index in [1.54, 1.807) is 24.3 Å². The molecule has 0 saturated heterocycles. The maximum Gasteiger partial charge on any atom is 0.339 e. The molecule has 0 saturated carbocycles. The van der Waals surface area contributed by atoms with E-state index in [1.807, 2.05) is 38.1 Å². The Kier molecular flexibility index (Phi) is 8.46. The Hall–Kier alpha value is -4.44. The Morgan fingerprint density at radius 2 is 1.64 bits per heavy atom. The van der Waals surface area contributed by atoms with Crippen molar-refractivity contribution in [2.24, 2.45) is 0 Å². The molecule has 0 spiro atoms. The third-order valence-corrected chi connectivity index (χ3v) is 6.94. The van der Waals surface area contributed by atoms with Crippen LogP contribution in [0.25, 0.3) is 16.6 Å². The molecular formula is C29H27N3O6S. The number of methoxy groups -OCH3 is 2. The van der Waals surface area contributed by atoms with Gasteiger partial charge >= 0.3 is 11.9 Å². The number of nitrogens with one attached hydrogen (secondary N) is 1. The average molecular weight is 546 g/mol. The molecule has 200 valence electrons. The number of rotatable bonds is 8. The molecule has 39 heavy (non-hydrogen) atoms. The highest BCUT2D eigenvalue weighted by Crippen LogP contribution is 2.27. The van der Waals surface area contributed by atoms with Crippen LogP contribution in [0, 0.1) is 0 Å². The third kappa shape index (κ3) is 5.85. The molecule has 0 unspecified atom stereocenters. The number of benzene rings is 3. The van der Waals surface area contributed by atoms with Crippen LogP contribution in [0.2, 0.25) is 0 Å². The standard InChI is InChI=1S/C29H27N3O6S/c1-17(2)19-9-6-8-12-24(19)32-26(34)20-10-5-7-11-22(20)31-29(32)39-16-25(33)30-23-15-18(27(35)37-3)13-14-21(23)28(36)38-4/h5-15,17H,16H2,1-4H3,(H,30,33). The van der Waals surface area contributed by atoms with E-state index in [0.717, 1.165) is 17.3 Å². The fourth-order valence-electron chi connectivity index (χ4n) is 4.10. The first-order chi connectivity index (χ1) is 18.7. The molecular weight excluding hydrogens is 518 g/mol. The van der Waals surface area contributed by atoms with Gasteiger partial charge in [0.2, 0.25) is 5.91 Å². The number of nitrogens with zero attached hydrogens (tertiary/aromatic N) is 2. The van der Waals surface area contributed by atoms with E-state index in [2.05, 4.69) is 5.32 Å². The minimum atomic E-state index is -0.676. The largest absolute Gasteiger partial charge is 0.465 e. The van der Waals surface area contributed by atoms with Crippen molar-refractivity contribution in [1.29, 1.82) is 0 Å². The lowest BCUT2D eigenvalue weighted by molar-refractivity contribution is -0.113. The third-order valence-electron chi connectivity index (χ3n) is 6.00. The molecule has 0 aliphatic carbocycles. The van der Waals surface area contributed by atoms with E-state index < -0.39 is 17.8 Å². The van der Waals surface area contributed by atoms with E-state index in [4.69, 9.17) is 14.5 Å². The second-order valence-electron chi connectivity index (χ2n) is 8.85. The molecule has 0 bridgehead atoms. The summed E-state index contributed by atoms with van der Waals surface area (Å²) >= 11 is 1.09. The van der Waals surface area contributed by atoms with E-state index in [-0.39, 0.29) is 34.0 Å². The normalized spacial score (nSPS) is 10.9. The van der Waals surface area contributed by atoms with Gasteiger partial charge in [0.1, 0.15) is 0 Å². The number of carbonyl (C=O) groups excluding carboxylic acids is 3. The summed E-state index contributed by atoms with van der Waals surface area (Å²) in [5, 5.41) is 3.48. The lowest BCUT2D eigenvalue weighted by atomic mass is 10.0. The molecule has 3 aromatic carbocycles. The Labute approximate surface area is 229 Å². The van der Waals surface area contributed by atoms with Crippen molar-refractivity contribution in [3.05, 3.63) is 93.8 Å². The van der Waals surface area contributed by atoms with Crippen molar-refractivity contribution in [3.63, 3.8) is 0 Å². The maximum absolute atomic E-state index is 13.7. The molecule has 1 amide bonds. The maximum atomic E-state index is 13.7. The summed E-state index contributed by atoms with van der Waals surface area (Å²) in [4.78, 5) is 55.7. The van der Waals surface area contributed by atoms with Gasteiger partial charge in [0.25, 0.3) is 5.56 Å². The van der Waals surface area contributed by atoms with Gasteiger partial charge in [-0.3, -0.25) is 14.2 Å². The van der Waals surface area contributed by atoms with Crippen LogP contribution in [0.5, 0.6) is 0 Å². The monoisotopic (exact) mass is 545 g/mol. The van der Waals surface area contributed by atoms with Crippen molar-refractivity contribution >= 4 is 46.2 Å². The number of fused-ring (bicyclic) bond motifs is 1. The highest BCUT2D eigenvalue weighted by Gasteiger charge is 2.20. The zero-order valence-corrected chi connectivity index (χ0v) is 22.7. The summed E-state index contributed by atoms with van der Waals surface area (Å²) < 4.78 is 11.1. The molecule has 0 aliphatic rings. The second-order valence-corrected chi connectivity index (χ2v) is 9.79. The minimum absolute atomic E-state index is 0.0788. The Morgan fingerprint density at radius 3 is 2.36 bits per heavy atom. The summed E-state index contributed by atoms with van der Waals surface area (Å²) in [6.07, 6.45) is 0. The van der Waals surface area contributed by atoms with Crippen molar-refractivity contribution in [2.75, 3.05) is 25.3 Å². The molecule has 0 radical (unpaired) electrons. The summed E-state index contributed by atoms with van der Waals surface area (Å²) in [7, 11) is 2.45. The van der Waals surface area contributed by atoms with Crippen LogP contribution in [-0.2, 0) is 14.3 Å². The molecule has 9 nitrogen and oxygen atoms in total. The predicted octanol–water partition coefficient (Wildman–Crippen LogP) is 4.81. The Bertz CT molecular complexity index is 1630. The van der Waals surface area contributed by atoms with Crippen molar-refractivity contribution in [1.82, 2.24) is 9.55 Å². The van der Waals surface area contributed by atoms with Gasteiger partial charge < -0.3 is 14.8 Å². The molecule has 0 atom stereocenters. The number of hydrogen-bond donors (Lipinski definition) is 1. The minimum Gasteiger partial charge on any atom is -0.465 e. The summed E-state index contributed by atoms with van der Waals surface area (Å²) in [6.45, 7) is 4.08. The summed E-state index contributed by atoms with van der Waals surface area (Å²) in [5.74, 6) is -1.76. The highest BCUT2D eigenvalue weighted by molar-refractivity contribution is 7.99. The number of amides is 1. The number of para-hydroxylation sites is 2. The molecule has 1 N–H and O–H groups in total. The number of carbonyl (C=O) groups is 3. The number of aromatic nitrogens is 2. The predicted molar refractivity (Wildman–Crippen MR) is 150 cm³/mol. The van der Waals surface area contributed by atoms with Crippen LogP contribution in [0.3, 0.4) is 0 Å². The number of ether oxygens (including phenoxy) is 2. The van der Waals surface area contributed by atoms with Crippen molar-refractivity contribution in [2.45, 2.75) is 24.9 Å². The smallest absolute Gasteiger partial charge is 0.339 e. The van der Waals surface area contributed by atoms with Gasteiger partial charge in [0.15, 0.2) is 5.16 Å². The van der Waals surface area contributed by atoms with Crippen LogP contribution in [0.15, 0.2) is 76.7 Å². The van der Waals surface area contributed by atoms with Crippen LogP contribution in [-0.4, -0.2) is 47.4 Å². The molecule has 4 rings (SSSR count). The summed E-state index contributed by atoms with van der Waals surface area (Å²) in [6, 6.07) is 18.8. The molecule has 10 heteroatoms. The number of esters is 2. The molecule has 1 aromatic heterocycles. The van der Waals surface area contributed by atoms with Gasteiger partial charge in [-0.1, -0.05) is 55.9 Å². The fourth-order valence-corrected chi connectivity index (χ4v) is 4.90. The van der Waals surface area contributed by atoms with Crippen molar-refractivity contribution in [3.8, 4) is 5.69 Å². The van der Waals surface area contributed by atoms with E-state index in [1.165, 1.54) is 37.0 Å². The Balaban J connectivity index is 1.70. The van der Waals surface area contributed by atoms with Gasteiger partial charge in [-0.05, 0) is 47.9 Å². The van der Waals surface area contributed by atoms with Crippen molar-refractivity contribution < 1.29 is 23.9 Å². The zero-order valence-electron chi connectivity index (χ0n) is 21.9. The number of anilines is 1. The van der Waals surface area contributed by atoms with Gasteiger partial charge in [0, 0.05) is 0 Å². The SMILES string of the molecule is COC(=O)c1ccc(C(=O)OC)c(NC(=O)CSc2nc3ccccc3c(=O)n2-c2ccccc2C(C)C)c1. The molecule has 4 aromatic rings. The fraction of sp³-hybridized carbons (Fsp3) is 0.207. The number of thioether (sulfide) groups is 1. The number of hydrogen-bond acceptors (Lipinski definition) is 8. The first-order valence-corrected chi connectivity index (χ1v) is 13.1. The summed E-state index contributed by atoms with van der Waals surface area (Å²) in [5.41, 5.74) is 2.27. The van der Waals surface area contributed by atoms with Gasteiger partial charge in [-0.2, -0.15) is 0 Å². The van der Waals surface area contributed by atoms with Gasteiger partial charge in [-0.15, -0.1) is 0 Å². The quantitative estimate of drug-likeness (QED) is 0.190. The molecule has 1 heterocycles. The first kappa shape index (κ1) is 27.6. The molecule has 0 aliphatic heterocycles. The van der Waals surface area contributed by atoms with Crippen LogP contribution < -0.4 is 10.9 Å². The van der Waals surface area contributed by atoms with Crippen LogP contribution >= 0.6 is 11.8 Å².